The molecule has 0 amide bonds. The third-order valence-electron chi connectivity index (χ3n) is 9.39. The van der Waals surface area contributed by atoms with Gasteiger partial charge in [0.1, 0.15) is 48.1 Å². The molecule has 7 rings (SSSR count). The molecule has 3 aliphatic rings. The largest absolute Gasteiger partial charge is 0.508 e. The number of nitrogens with zero attached hydrogens (tertiary/aromatic N) is 4. The first-order chi connectivity index (χ1) is 22.0. The van der Waals surface area contributed by atoms with Crippen LogP contribution in [0.1, 0.15) is 31.7 Å². The molecule has 0 unspecified atom stereocenters. The van der Waals surface area contributed by atoms with E-state index in [-0.39, 0.29) is 78.6 Å². The van der Waals surface area contributed by atoms with Gasteiger partial charge in [-0.2, -0.15) is 9.97 Å². The Morgan fingerprint density at radius 1 is 1.09 bits per heavy atom. The number of benzene rings is 3. The summed E-state index contributed by atoms with van der Waals surface area (Å²) < 4.78 is 103. The number of aromatic hydroxyl groups is 1. The molecule has 3 fully saturated rings. The SMILES string of the molecule is CCc1c(F)ccc2cc(O)cc(-c3c(F)cc4c(N5CCOCC(F)(F)C5)nc(OC[C@@]56CCCN5C[C@H](F)C6)nc4c3F)c12. The van der Waals surface area contributed by atoms with E-state index in [0.29, 0.717) is 18.4 Å². The maximum atomic E-state index is 16.8. The van der Waals surface area contributed by atoms with Gasteiger partial charge in [0.05, 0.1) is 24.3 Å². The molecule has 1 aromatic heterocycles. The number of ether oxygens (including phenoxy) is 2. The summed E-state index contributed by atoms with van der Waals surface area (Å²) in [5.41, 5.74) is -1.49. The Balaban J connectivity index is 1.42. The monoisotopic (exact) mass is 646 g/mol. The van der Waals surface area contributed by atoms with Crippen molar-refractivity contribution in [3.63, 3.8) is 0 Å². The van der Waals surface area contributed by atoms with Crippen molar-refractivity contribution < 1.29 is 40.9 Å². The van der Waals surface area contributed by atoms with E-state index in [0.717, 1.165) is 18.6 Å². The molecule has 3 aliphatic heterocycles. The van der Waals surface area contributed by atoms with Crippen molar-refractivity contribution in [2.45, 2.75) is 50.2 Å². The van der Waals surface area contributed by atoms with Crippen LogP contribution in [0.25, 0.3) is 32.8 Å². The van der Waals surface area contributed by atoms with E-state index in [2.05, 4.69) is 9.97 Å². The number of phenols is 1. The molecule has 0 bridgehead atoms. The fourth-order valence-electron chi connectivity index (χ4n) is 7.38. The summed E-state index contributed by atoms with van der Waals surface area (Å²) in [7, 11) is 0. The number of fused-ring (bicyclic) bond motifs is 3. The van der Waals surface area contributed by atoms with Gasteiger partial charge in [-0.3, -0.25) is 4.90 Å². The fraction of sp³-hybridized carbons (Fsp3) is 0.455. The van der Waals surface area contributed by atoms with Gasteiger partial charge >= 0.3 is 6.01 Å². The van der Waals surface area contributed by atoms with Crippen LogP contribution in [0.4, 0.5) is 32.2 Å². The normalized spacial score (nSPS) is 23.3. The number of aromatic nitrogens is 2. The molecule has 46 heavy (non-hydrogen) atoms. The summed E-state index contributed by atoms with van der Waals surface area (Å²) in [4.78, 5) is 11.9. The van der Waals surface area contributed by atoms with Crippen molar-refractivity contribution >= 4 is 27.5 Å². The van der Waals surface area contributed by atoms with E-state index in [1.54, 1.807) is 6.92 Å². The minimum Gasteiger partial charge on any atom is -0.508 e. The van der Waals surface area contributed by atoms with Gasteiger partial charge in [-0.1, -0.05) is 13.0 Å². The van der Waals surface area contributed by atoms with Crippen LogP contribution < -0.4 is 9.64 Å². The van der Waals surface area contributed by atoms with Crippen molar-refractivity contribution in [2.75, 3.05) is 50.9 Å². The molecule has 13 heteroatoms. The van der Waals surface area contributed by atoms with Crippen molar-refractivity contribution in [1.29, 1.82) is 0 Å². The Hall–Kier alpha value is -3.84. The molecule has 0 aliphatic carbocycles. The smallest absolute Gasteiger partial charge is 0.319 e. The predicted molar refractivity (Wildman–Crippen MR) is 160 cm³/mol. The summed E-state index contributed by atoms with van der Waals surface area (Å²) >= 11 is 0. The molecule has 1 N–H and O–H groups in total. The number of aryl methyl sites for hydroxylation is 1. The van der Waals surface area contributed by atoms with E-state index in [9.17, 15) is 22.7 Å². The molecule has 4 aromatic rings. The highest BCUT2D eigenvalue weighted by Gasteiger charge is 2.49. The van der Waals surface area contributed by atoms with Crippen LogP contribution in [-0.4, -0.2) is 83.6 Å². The Morgan fingerprint density at radius 2 is 1.91 bits per heavy atom. The minimum atomic E-state index is -3.28. The van der Waals surface area contributed by atoms with E-state index in [4.69, 9.17) is 9.47 Å². The van der Waals surface area contributed by atoms with Gasteiger partial charge in [0.15, 0.2) is 5.82 Å². The highest BCUT2D eigenvalue weighted by molar-refractivity contribution is 6.03. The van der Waals surface area contributed by atoms with Crippen LogP contribution in [0, 0.1) is 17.5 Å². The molecule has 0 radical (unpaired) electrons. The zero-order valence-electron chi connectivity index (χ0n) is 25.1. The number of hydrogen-bond acceptors (Lipinski definition) is 7. The molecular weight excluding hydrogens is 614 g/mol. The topological polar surface area (TPSA) is 71.0 Å². The molecule has 244 valence electrons. The highest BCUT2D eigenvalue weighted by Crippen LogP contribution is 2.43. The number of alkyl halides is 3. The second-order valence-electron chi connectivity index (χ2n) is 12.4. The standard InChI is InChI=1S/C33H32F6N4O3/c1-2-21-24(35)5-4-18-10-20(44)11-22(26(18)21)27-25(36)12-23-29(28(27)37)40-31(41-30(23)42-8-9-45-17-33(38,39)15-42)46-16-32-6-3-7-43(32)14-19(34)13-32/h4-5,10-12,19,44H,2-3,6-9,13-17H2,1H3/t19-,32+/m1/s1. The molecule has 4 heterocycles. The van der Waals surface area contributed by atoms with Gasteiger partial charge in [-0.15, -0.1) is 0 Å². The first kappa shape index (κ1) is 30.8. The van der Waals surface area contributed by atoms with Crippen molar-refractivity contribution in [2.24, 2.45) is 0 Å². The quantitative estimate of drug-likeness (QED) is 0.238. The Kier molecular flexibility index (Phi) is 7.66. The van der Waals surface area contributed by atoms with E-state index >= 15 is 8.78 Å². The second-order valence-corrected chi connectivity index (χ2v) is 12.4. The zero-order chi connectivity index (χ0) is 32.4. The molecule has 7 nitrogen and oxygen atoms in total. The second kappa shape index (κ2) is 11.4. The van der Waals surface area contributed by atoms with E-state index in [1.807, 2.05) is 4.90 Å². The Bertz CT molecular complexity index is 1840. The van der Waals surface area contributed by atoms with Crippen LogP contribution in [0.15, 0.2) is 30.3 Å². The lowest BCUT2D eigenvalue weighted by molar-refractivity contribution is -0.0564. The van der Waals surface area contributed by atoms with Crippen molar-refractivity contribution in [1.82, 2.24) is 14.9 Å². The lowest BCUT2D eigenvalue weighted by Gasteiger charge is -2.31. The van der Waals surface area contributed by atoms with Gasteiger partial charge in [0, 0.05) is 24.9 Å². The molecule has 3 saturated heterocycles. The van der Waals surface area contributed by atoms with Crippen molar-refractivity contribution in [3.05, 3.63) is 53.3 Å². The van der Waals surface area contributed by atoms with Crippen LogP contribution in [0.2, 0.25) is 0 Å². The number of rotatable bonds is 6. The third kappa shape index (κ3) is 5.26. The summed E-state index contributed by atoms with van der Waals surface area (Å²) in [5.74, 6) is -6.57. The average molecular weight is 647 g/mol. The van der Waals surface area contributed by atoms with E-state index < -0.39 is 59.3 Å². The van der Waals surface area contributed by atoms with Gasteiger partial charge in [-0.25, -0.2) is 26.3 Å². The maximum Gasteiger partial charge on any atom is 0.319 e. The lowest BCUT2D eigenvalue weighted by Crippen LogP contribution is -2.43. The fourth-order valence-corrected chi connectivity index (χ4v) is 7.38. The number of halogens is 6. The van der Waals surface area contributed by atoms with Crippen LogP contribution in [0.5, 0.6) is 11.8 Å². The van der Waals surface area contributed by atoms with Crippen LogP contribution in [0.3, 0.4) is 0 Å². The molecular formula is C33H32F6N4O3. The minimum absolute atomic E-state index is 0.0103. The maximum absolute atomic E-state index is 16.8. The van der Waals surface area contributed by atoms with Gasteiger partial charge < -0.3 is 19.5 Å². The van der Waals surface area contributed by atoms with Gasteiger partial charge in [0.2, 0.25) is 0 Å². The molecule has 2 atom stereocenters. The first-order valence-electron chi connectivity index (χ1n) is 15.4. The van der Waals surface area contributed by atoms with Gasteiger partial charge in [0.25, 0.3) is 5.92 Å². The summed E-state index contributed by atoms with van der Waals surface area (Å²) in [5, 5.41) is 10.9. The van der Waals surface area contributed by atoms with Crippen LogP contribution in [-0.2, 0) is 11.2 Å². The predicted octanol–water partition coefficient (Wildman–Crippen LogP) is 6.56. The number of hydrogen-bond donors (Lipinski definition) is 1. The van der Waals surface area contributed by atoms with E-state index in [1.165, 1.54) is 23.1 Å². The van der Waals surface area contributed by atoms with Crippen LogP contribution >= 0.6 is 0 Å². The molecule has 0 saturated carbocycles. The average Bonchev–Trinajstić information content (AvgIpc) is 3.46. The Labute approximate surface area is 260 Å². The number of anilines is 1. The lowest BCUT2D eigenvalue weighted by atomic mass is 9.91. The third-order valence-corrected chi connectivity index (χ3v) is 9.39. The summed E-state index contributed by atoms with van der Waals surface area (Å²) in [6.07, 6.45) is 0.931. The zero-order valence-corrected chi connectivity index (χ0v) is 25.1. The summed E-state index contributed by atoms with van der Waals surface area (Å²) in [6.45, 7) is 0.862. The Morgan fingerprint density at radius 3 is 2.72 bits per heavy atom. The molecule has 0 spiro atoms. The van der Waals surface area contributed by atoms with Crippen molar-refractivity contribution in [3.8, 4) is 22.9 Å². The highest BCUT2D eigenvalue weighted by atomic mass is 19.3. The van der Waals surface area contributed by atoms with Gasteiger partial charge in [-0.05, 0) is 72.0 Å². The number of phenolic OH excluding ortho intramolecular Hbond substituents is 1. The first-order valence-corrected chi connectivity index (χ1v) is 15.4. The molecule has 3 aromatic carbocycles. The summed E-state index contributed by atoms with van der Waals surface area (Å²) in [6, 6.07) is 5.79.